The van der Waals surface area contributed by atoms with Gasteiger partial charge in [-0.05, 0) is 0 Å². The van der Waals surface area contributed by atoms with Gasteiger partial charge in [-0.25, -0.2) is 0 Å². The molecule has 27 heavy (non-hydrogen) atoms. The van der Waals surface area contributed by atoms with E-state index in [1.54, 1.807) is 27.7 Å². The first-order valence-electron chi connectivity index (χ1n) is 8.35. The monoisotopic (exact) mass is 413 g/mol. The van der Waals surface area contributed by atoms with Crippen molar-refractivity contribution in [2.45, 2.75) is 46.3 Å². The zero-order valence-corrected chi connectivity index (χ0v) is 17.1. The van der Waals surface area contributed by atoms with E-state index in [1.807, 2.05) is 0 Å². The maximum atomic E-state index is 12.4. The number of carbonyl (C=O) groups excluding carboxylic acids is 3. The molecular weight excluding hydrogens is 385 g/mol. The molecule has 2 N–H and O–H groups in total. The van der Waals surface area contributed by atoms with Gasteiger partial charge < -0.3 is 0 Å². The number of hydrogen-bond acceptors (Lipinski definition) is 10. The van der Waals surface area contributed by atoms with Crippen LogP contribution in [0.5, 0.6) is 0 Å². The van der Waals surface area contributed by atoms with Gasteiger partial charge in [0.1, 0.15) is 0 Å². The fourth-order valence-electron chi connectivity index (χ4n) is 2.04. The second-order valence-electron chi connectivity index (χ2n) is 6.74. The van der Waals surface area contributed by atoms with Crippen LogP contribution < -0.4 is 5.32 Å². The molecule has 0 saturated carbocycles. The number of methoxy groups -OCH3 is 1. The fraction of sp³-hybridized carbons (Fsp3) is 0.800. The van der Waals surface area contributed by atoms with Gasteiger partial charge in [0, 0.05) is 0 Å². The summed E-state index contributed by atoms with van der Waals surface area (Å²) in [5.74, 6) is -1.01. The average Bonchev–Trinajstić information content (AvgIpc) is 2.56. The molecule has 1 heterocycles. The second-order valence-corrected chi connectivity index (χ2v) is 8.60. The molecule has 1 aliphatic heterocycles. The number of amides is 1. The average molecular weight is 413 g/mol. The van der Waals surface area contributed by atoms with Gasteiger partial charge in [0.2, 0.25) is 0 Å². The predicted molar refractivity (Wildman–Crippen MR) is 93.4 cm³/mol. The van der Waals surface area contributed by atoms with Crippen molar-refractivity contribution in [3.63, 3.8) is 0 Å². The van der Waals surface area contributed by atoms with Crippen LogP contribution in [0.1, 0.15) is 34.1 Å². The molecule has 0 radical (unpaired) electrons. The third-order valence-corrected chi connectivity index (χ3v) is 4.97. The Kier molecular flexibility index (Phi) is 8.83. The van der Waals surface area contributed by atoms with Crippen LogP contribution in [0.4, 0.5) is 4.79 Å². The normalized spacial score (nSPS) is 21.8. The van der Waals surface area contributed by atoms with Gasteiger partial charge in [-0.1, -0.05) is 0 Å². The Morgan fingerprint density at radius 2 is 2.00 bits per heavy atom. The molecule has 1 amide bonds. The van der Waals surface area contributed by atoms with Crippen LogP contribution in [0.3, 0.4) is 0 Å². The molecule has 0 unspecified atom stereocenters. The van der Waals surface area contributed by atoms with Crippen molar-refractivity contribution in [3.8, 4) is 0 Å². The van der Waals surface area contributed by atoms with E-state index in [2.05, 4.69) is 14.8 Å². The third-order valence-electron chi connectivity index (χ3n) is 3.45. The molecule has 1 rings (SSSR count). The maximum absolute atomic E-state index is 12.4. The molecule has 0 aromatic rings. The van der Waals surface area contributed by atoms with Crippen LogP contribution >= 0.6 is 8.17 Å². The summed E-state index contributed by atoms with van der Waals surface area (Å²) < 4.78 is 29.6. The molecule has 0 aromatic heterocycles. The van der Waals surface area contributed by atoms with Crippen LogP contribution in [-0.2, 0) is 37.4 Å². The molecule has 11 nitrogen and oxygen atoms in total. The van der Waals surface area contributed by atoms with Crippen molar-refractivity contribution in [3.05, 3.63) is 0 Å². The quantitative estimate of drug-likeness (QED) is 0.337. The minimum absolute atomic E-state index is 0.00408. The van der Waals surface area contributed by atoms with Crippen molar-refractivity contribution in [2.24, 2.45) is 5.41 Å². The number of nitrogens with one attached hydrogen (secondary N) is 1. The molecule has 0 aromatic carbocycles. The van der Waals surface area contributed by atoms with E-state index in [1.165, 1.54) is 7.11 Å². The SMILES string of the molecule is COC(=O)CCNC(=O)[C@@H]1O[PH](O)(OCOC(=O)OC(C)C)OCC1(C)C. The number of hydrogen-bond donors (Lipinski definition) is 2. The summed E-state index contributed by atoms with van der Waals surface area (Å²) in [5, 5.41) is 2.54. The molecule has 1 saturated heterocycles. The predicted octanol–water partition coefficient (Wildman–Crippen LogP) is 1.05. The number of ether oxygens (including phenoxy) is 3. The van der Waals surface area contributed by atoms with Crippen molar-refractivity contribution < 1.29 is 47.1 Å². The summed E-state index contributed by atoms with van der Waals surface area (Å²) in [6.07, 6.45) is -2.45. The first-order valence-corrected chi connectivity index (χ1v) is 10.0. The molecule has 1 atom stereocenters. The van der Waals surface area contributed by atoms with Gasteiger partial charge in [0.05, 0.1) is 0 Å². The Bertz CT molecular complexity index is 541. The van der Waals surface area contributed by atoms with Gasteiger partial charge in [-0.15, -0.1) is 0 Å². The van der Waals surface area contributed by atoms with E-state index in [0.29, 0.717) is 0 Å². The summed E-state index contributed by atoms with van der Waals surface area (Å²) in [6.45, 7) is 6.07. The standard InChI is InChI=1S/C15H28NO10P/c1-10(2)25-14(19)22-9-24-27(20)23-8-15(3,4)12(26-27)13(18)16-7-6-11(17)21-5/h10,12,20,27H,6-9H2,1-5H3,(H,16,18)/t12-/m0/s1. The molecule has 12 heteroatoms. The van der Waals surface area contributed by atoms with Crippen LogP contribution in [0.15, 0.2) is 0 Å². The van der Waals surface area contributed by atoms with E-state index >= 15 is 0 Å². The molecular formula is C15H28NO10P. The minimum atomic E-state index is -4.21. The summed E-state index contributed by atoms with van der Waals surface area (Å²) in [7, 11) is -2.96. The Hall–Kier alpha value is -1.52. The van der Waals surface area contributed by atoms with Crippen LogP contribution in [-0.4, -0.2) is 62.2 Å². The van der Waals surface area contributed by atoms with Gasteiger partial charge in [-0.3, -0.25) is 0 Å². The van der Waals surface area contributed by atoms with E-state index in [0.717, 1.165) is 0 Å². The van der Waals surface area contributed by atoms with Crippen LogP contribution in [0, 0.1) is 5.41 Å². The summed E-state index contributed by atoms with van der Waals surface area (Å²) in [5.41, 5.74) is -0.768. The topological polar surface area (TPSA) is 139 Å². The fourth-order valence-corrected chi connectivity index (χ4v) is 3.75. The Morgan fingerprint density at radius 1 is 1.33 bits per heavy atom. The van der Waals surface area contributed by atoms with E-state index < -0.39 is 44.5 Å². The first kappa shape index (κ1) is 23.5. The van der Waals surface area contributed by atoms with Crippen LogP contribution in [0.2, 0.25) is 0 Å². The Morgan fingerprint density at radius 3 is 2.59 bits per heavy atom. The third kappa shape index (κ3) is 7.94. The van der Waals surface area contributed by atoms with Gasteiger partial charge in [0.25, 0.3) is 0 Å². The molecule has 158 valence electrons. The molecule has 0 spiro atoms. The summed E-state index contributed by atoms with van der Waals surface area (Å²) in [4.78, 5) is 45.1. The van der Waals surface area contributed by atoms with Crippen molar-refractivity contribution in [2.75, 3.05) is 27.1 Å². The summed E-state index contributed by atoms with van der Waals surface area (Å²) >= 11 is 0. The number of carbonyl (C=O) groups is 3. The molecule has 0 bridgehead atoms. The van der Waals surface area contributed by atoms with Crippen molar-refractivity contribution in [1.29, 1.82) is 0 Å². The second kappa shape index (κ2) is 10.1. The van der Waals surface area contributed by atoms with Gasteiger partial charge in [-0.2, -0.15) is 0 Å². The van der Waals surface area contributed by atoms with Gasteiger partial charge in [0.15, 0.2) is 0 Å². The first-order chi connectivity index (χ1) is 12.5. The van der Waals surface area contributed by atoms with Crippen molar-refractivity contribution in [1.82, 2.24) is 5.32 Å². The molecule has 1 aliphatic rings. The van der Waals surface area contributed by atoms with Crippen molar-refractivity contribution >= 4 is 26.2 Å². The zero-order valence-electron chi connectivity index (χ0n) is 16.1. The summed E-state index contributed by atoms with van der Waals surface area (Å²) in [6, 6.07) is 0. The zero-order chi connectivity index (χ0) is 20.7. The van der Waals surface area contributed by atoms with Gasteiger partial charge >= 0.3 is 157 Å². The van der Waals surface area contributed by atoms with E-state index in [9.17, 15) is 19.3 Å². The Balaban J connectivity index is 2.58. The van der Waals surface area contributed by atoms with E-state index in [4.69, 9.17) is 18.3 Å². The molecule has 1 fully saturated rings. The number of esters is 1. The van der Waals surface area contributed by atoms with E-state index in [-0.39, 0.29) is 25.7 Å². The molecule has 0 aliphatic carbocycles. The Labute approximate surface area is 158 Å². The van der Waals surface area contributed by atoms with Crippen LogP contribution in [0.25, 0.3) is 0 Å². The number of rotatable bonds is 8.